The number of nitrogens with zero attached hydrogens (tertiary/aromatic N) is 1. The molecule has 4 heteroatoms. The molecule has 1 saturated heterocycles. The molecular formula is C19H32N2O2. The third-order valence-electron chi connectivity index (χ3n) is 7.82. The SMILES string of the molecule is CC1(C)[C@H]2CC[C@@]1(C)[C@@H](NC(=O)N(C[C@@H]1CCOC1)C1CC1)C2. The summed E-state index contributed by atoms with van der Waals surface area (Å²) in [6.45, 7) is 9.79. The van der Waals surface area contributed by atoms with Gasteiger partial charge in [-0.1, -0.05) is 20.8 Å². The molecule has 1 N–H and O–H groups in total. The molecule has 23 heavy (non-hydrogen) atoms. The van der Waals surface area contributed by atoms with Crippen LogP contribution in [-0.2, 0) is 4.74 Å². The van der Waals surface area contributed by atoms with Gasteiger partial charge in [-0.15, -0.1) is 0 Å². The van der Waals surface area contributed by atoms with Gasteiger partial charge in [0.25, 0.3) is 0 Å². The molecule has 1 heterocycles. The Morgan fingerprint density at radius 3 is 2.52 bits per heavy atom. The van der Waals surface area contributed by atoms with E-state index in [0.29, 0.717) is 23.4 Å². The molecule has 4 nitrogen and oxygen atoms in total. The van der Waals surface area contributed by atoms with E-state index in [2.05, 4.69) is 31.0 Å². The fourth-order valence-corrected chi connectivity index (χ4v) is 5.44. The number of carbonyl (C=O) groups excluding carboxylic acids is 1. The standard InChI is InChI=1S/C19H32N2O2/c1-18(2)14-6-8-19(18,3)16(10-14)20-17(22)21(15-4-5-15)11-13-7-9-23-12-13/h13-16H,4-12H2,1-3H3,(H,20,22)/t13-,14-,16-,19-/m0/s1. The van der Waals surface area contributed by atoms with E-state index in [0.717, 1.165) is 32.1 Å². The predicted octanol–water partition coefficient (Wildman–Crippen LogP) is 3.41. The van der Waals surface area contributed by atoms with Gasteiger partial charge in [-0.25, -0.2) is 4.79 Å². The minimum absolute atomic E-state index is 0.189. The molecule has 4 fully saturated rings. The van der Waals surface area contributed by atoms with Gasteiger partial charge in [0.15, 0.2) is 0 Å². The summed E-state index contributed by atoms with van der Waals surface area (Å²) < 4.78 is 5.50. The minimum Gasteiger partial charge on any atom is -0.381 e. The van der Waals surface area contributed by atoms with Crippen molar-refractivity contribution in [3.63, 3.8) is 0 Å². The Kier molecular flexibility index (Phi) is 3.67. The molecule has 3 saturated carbocycles. The first-order chi connectivity index (χ1) is 10.9. The van der Waals surface area contributed by atoms with Gasteiger partial charge in [0.2, 0.25) is 0 Å². The van der Waals surface area contributed by atoms with E-state index in [9.17, 15) is 4.79 Å². The van der Waals surface area contributed by atoms with E-state index in [1.807, 2.05) is 0 Å². The number of fused-ring (bicyclic) bond motifs is 2. The molecule has 130 valence electrons. The van der Waals surface area contributed by atoms with Gasteiger partial charge in [0.05, 0.1) is 6.61 Å². The molecule has 2 bridgehead atoms. The molecular weight excluding hydrogens is 288 g/mol. The van der Waals surface area contributed by atoms with Crippen molar-refractivity contribution in [1.29, 1.82) is 0 Å². The summed E-state index contributed by atoms with van der Waals surface area (Å²) in [4.78, 5) is 15.1. The van der Waals surface area contributed by atoms with Gasteiger partial charge in [-0.05, 0) is 55.3 Å². The number of nitrogens with one attached hydrogen (secondary N) is 1. The number of urea groups is 1. The van der Waals surface area contributed by atoms with E-state index in [-0.39, 0.29) is 11.4 Å². The van der Waals surface area contributed by atoms with Gasteiger partial charge >= 0.3 is 6.03 Å². The lowest BCUT2D eigenvalue weighted by atomic mass is 9.69. The maximum atomic E-state index is 13.0. The van der Waals surface area contributed by atoms with Crippen LogP contribution in [0.5, 0.6) is 0 Å². The zero-order valence-corrected chi connectivity index (χ0v) is 14.9. The highest BCUT2D eigenvalue weighted by molar-refractivity contribution is 5.75. The largest absolute Gasteiger partial charge is 0.381 e. The normalized spacial score (nSPS) is 41.3. The Labute approximate surface area is 140 Å². The fraction of sp³-hybridized carbons (Fsp3) is 0.947. The average molecular weight is 320 g/mol. The average Bonchev–Trinajstić information content (AvgIpc) is 3.12. The highest BCUT2D eigenvalue weighted by Gasteiger charge is 2.61. The summed E-state index contributed by atoms with van der Waals surface area (Å²) in [6.07, 6.45) is 7.22. The fourth-order valence-electron chi connectivity index (χ4n) is 5.44. The first-order valence-corrected chi connectivity index (χ1v) is 9.57. The molecule has 0 spiro atoms. The number of hydrogen-bond donors (Lipinski definition) is 1. The second kappa shape index (κ2) is 5.37. The zero-order chi connectivity index (χ0) is 16.2. The highest BCUT2D eigenvalue weighted by Crippen LogP contribution is 2.65. The minimum atomic E-state index is 0.189. The van der Waals surface area contributed by atoms with Crippen molar-refractivity contribution in [2.24, 2.45) is 22.7 Å². The molecule has 0 aromatic rings. The summed E-state index contributed by atoms with van der Waals surface area (Å²) in [6, 6.07) is 1.02. The summed E-state index contributed by atoms with van der Waals surface area (Å²) in [5, 5.41) is 3.45. The van der Waals surface area contributed by atoms with Crippen LogP contribution in [0.1, 0.15) is 59.3 Å². The van der Waals surface area contributed by atoms with E-state index in [4.69, 9.17) is 4.74 Å². The van der Waals surface area contributed by atoms with Crippen molar-refractivity contribution in [2.75, 3.05) is 19.8 Å². The predicted molar refractivity (Wildman–Crippen MR) is 90.2 cm³/mol. The number of ether oxygens (including phenoxy) is 1. The van der Waals surface area contributed by atoms with Gasteiger partial charge in [0, 0.05) is 31.2 Å². The smallest absolute Gasteiger partial charge is 0.317 e. The lowest BCUT2D eigenvalue weighted by Gasteiger charge is -2.40. The second-order valence-electron chi connectivity index (χ2n) is 9.23. The lowest BCUT2D eigenvalue weighted by Crippen LogP contribution is -2.52. The quantitative estimate of drug-likeness (QED) is 0.862. The van der Waals surface area contributed by atoms with E-state index in [1.54, 1.807) is 0 Å². The Balaban J connectivity index is 1.42. The molecule has 4 aliphatic rings. The van der Waals surface area contributed by atoms with E-state index >= 15 is 0 Å². The topological polar surface area (TPSA) is 41.6 Å². The zero-order valence-electron chi connectivity index (χ0n) is 14.9. The van der Waals surface area contributed by atoms with E-state index < -0.39 is 0 Å². The van der Waals surface area contributed by atoms with Crippen molar-refractivity contribution in [1.82, 2.24) is 10.2 Å². The van der Waals surface area contributed by atoms with E-state index in [1.165, 1.54) is 32.1 Å². The summed E-state index contributed by atoms with van der Waals surface area (Å²) in [5.74, 6) is 1.31. The van der Waals surface area contributed by atoms with Crippen LogP contribution in [0.3, 0.4) is 0 Å². The van der Waals surface area contributed by atoms with Crippen LogP contribution in [0.15, 0.2) is 0 Å². The first kappa shape index (κ1) is 15.7. The Hall–Kier alpha value is -0.770. The van der Waals surface area contributed by atoms with Crippen LogP contribution in [0.2, 0.25) is 0 Å². The third-order valence-corrected chi connectivity index (χ3v) is 7.82. The van der Waals surface area contributed by atoms with Crippen LogP contribution < -0.4 is 5.32 Å². The maximum Gasteiger partial charge on any atom is 0.317 e. The number of rotatable bonds is 4. The number of carbonyl (C=O) groups is 1. The Bertz CT molecular complexity index is 482. The van der Waals surface area contributed by atoms with Crippen molar-refractivity contribution in [2.45, 2.75) is 71.4 Å². The van der Waals surface area contributed by atoms with Crippen molar-refractivity contribution in [3.8, 4) is 0 Å². The number of hydrogen-bond acceptors (Lipinski definition) is 2. The molecule has 3 aliphatic carbocycles. The molecule has 4 rings (SSSR count). The molecule has 2 amide bonds. The molecule has 0 radical (unpaired) electrons. The van der Waals surface area contributed by atoms with Crippen LogP contribution >= 0.6 is 0 Å². The monoisotopic (exact) mass is 320 g/mol. The summed E-state index contributed by atoms with van der Waals surface area (Å²) in [7, 11) is 0. The van der Waals surface area contributed by atoms with Gasteiger partial charge in [-0.2, -0.15) is 0 Å². The van der Waals surface area contributed by atoms with Crippen LogP contribution in [0.25, 0.3) is 0 Å². The molecule has 4 atom stereocenters. The van der Waals surface area contributed by atoms with Gasteiger partial charge in [0.1, 0.15) is 0 Å². The van der Waals surface area contributed by atoms with Gasteiger partial charge < -0.3 is 15.0 Å². The number of amides is 2. The Morgan fingerprint density at radius 1 is 1.22 bits per heavy atom. The molecule has 0 aromatic carbocycles. The van der Waals surface area contributed by atoms with Crippen LogP contribution in [0.4, 0.5) is 4.79 Å². The summed E-state index contributed by atoms with van der Waals surface area (Å²) >= 11 is 0. The molecule has 0 aromatic heterocycles. The van der Waals surface area contributed by atoms with Crippen LogP contribution in [-0.4, -0.2) is 42.8 Å². The summed E-state index contributed by atoms with van der Waals surface area (Å²) in [5.41, 5.74) is 0.619. The second-order valence-corrected chi connectivity index (χ2v) is 9.23. The first-order valence-electron chi connectivity index (χ1n) is 9.57. The third kappa shape index (κ3) is 2.48. The van der Waals surface area contributed by atoms with Crippen molar-refractivity contribution < 1.29 is 9.53 Å². The highest BCUT2D eigenvalue weighted by atomic mass is 16.5. The van der Waals surface area contributed by atoms with Crippen LogP contribution in [0, 0.1) is 22.7 Å². The van der Waals surface area contributed by atoms with Crippen molar-refractivity contribution >= 4 is 6.03 Å². The molecule has 1 aliphatic heterocycles. The molecule has 0 unspecified atom stereocenters. The van der Waals surface area contributed by atoms with Gasteiger partial charge in [-0.3, -0.25) is 0 Å². The van der Waals surface area contributed by atoms with Crippen molar-refractivity contribution in [3.05, 3.63) is 0 Å². The Morgan fingerprint density at radius 2 is 2.00 bits per heavy atom. The lowest BCUT2D eigenvalue weighted by molar-refractivity contribution is 0.114. The maximum absolute atomic E-state index is 13.0.